The van der Waals surface area contributed by atoms with Crippen LogP contribution in [0.2, 0.25) is 0 Å². The molecule has 0 radical (unpaired) electrons. The number of benzene rings is 2. The Balaban J connectivity index is 1.54. The van der Waals surface area contributed by atoms with Gasteiger partial charge in [-0.2, -0.15) is 0 Å². The third-order valence-electron chi connectivity index (χ3n) is 4.85. The molecule has 1 heterocycles. The van der Waals surface area contributed by atoms with Crippen LogP contribution in [0, 0.1) is 6.92 Å². The fourth-order valence-electron chi connectivity index (χ4n) is 3.08. The number of nitrogens with zero attached hydrogens (tertiary/aromatic N) is 1. The predicted octanol–water partition coefficient (Wildman–Crippen LogP) is 2.44. The van der Waals surface area contributed by atoms with Crippen molar-refractivity contribution in [2.75, 3.05) is 13.8 Å². The first kappa shape index (κ1) is 18.8. The number of hydrogen-bond donors (Lipinski definition) is 1. The maximum atomic E-state index is 13.0. The van der Waals surface area contributed by atoms with Gasteiger partial charge < -0.3 is 14.4 Å². The molecule has 28 heavy (non-hydrogen) atoms. The van der Waals surface area contributed by atoms with E-state index in [0.717, 1.165) is 24.0 Å². The number of carbonyl (C=O) groups excluding carboxylic acids is 1. The molecule has 0 saturated heterocycles. The second-order valence-corrected chi connectivity index (χ2v) is 8.94. The number of amides is 1. The minimum Gasteiger partial charge on any atom is -0.454 e. The van der Waals surface area contributed by atoms with Gasteiger partial charge in [-0.3, -0.25) is 4.79 Å². The maximum absolute atomic E-state index is 13.0. The average Bonchev–Trinajstić information content (AvgIpc) is 3.33. The first-order valence-electron chi connectivity index (χ1n) is 9.10. The number of fused-ring (bicyclic) bond motifs is 1. The molecule has 7 nitrogen and oxygen atoms in total. The Hall–Kier alpha value is -2.58. The monoisotopic (exact) mass is 402 g/mol. The van der Waals surface area contributed by atoms with Crippen LogP contribution in [-0.2, 0) is 16.6 Å². The van der Waals surface area contributed by atoms with Crippen molar-refractivity contribution in [3.8, 4) is 11.5 Å². The molecule has 2 aromatic rings. The highest BCUT2D eigenvalue weighted by atomic mass is 32.2. The molecule has 0 aromatic heterocycles. The quantitative estimate of drug-likeness (QED) is 0.802. The number of nitrogens with one attached hydrogen (secondary N) is 1. The molecule has 8 heteroatoms. The highest BCUT2D eigenvalue weighted by Gasteiger charge is 2.29. The first-order chi connectivity index (χ1) is 13.3. The van der Waals surface area contributed by atoms with E-state index in [1.54, 1.807) is 24.9 Å². The lowest BCUT2D eigenvalue weighted by Crippen LogP contribution is -2.28. The highest BCUT2D eigenvalue weighted by Crippen LogP contribution is 2.33. The van der Waals surface area contributed by atoms with Crippen LogP contribution < -0.4 is 14.2 Å². The SMILES string of the molecule is Cc1ccc(S(=O)(=O)NC2CC2)cc1C(=O)N(C)Cc1ccc2c(c1)OCO2. The third kappa shape index (κ3) is 3.83. The summed E-state index contributed by atoms with van der Waals surface area (Å²) < 4.78 is 38.3. The minimum absolute atomic E-state index is 0.0131. The topological polar surface area (TPSA) is 84.9 Å². The number of hydrogen-bond acceptors (Lipinski definition) is 5. The third-order valence-corrected chi connectivity index (χ3v) is 6.37. The molecule has 0 unspecified atom stereocenters. The van der Waals surface area contributed by atoms with E-state index >= 15 is 0 Å². The van der Waals surface area contributed by atoms with Gasteiger partial charge in [-0.25, -0.2) is 13.1 Å². The summed E-state index contributed by atoms with van der Waals surface area (Å²) in [5.41, 5.74) is 2.01. The average molecular weight is 402 g/mol. The first-order valence-corrected chi connectivity index (χ1v) is 10.6. The van der Waals surface area contributed by atoms with Crippen molar-refractivity contribution in [3.63, 3.8) is 0 Å². The molecule has 148 valence electrons. The summed E-state index contributed by atoms with van der Waals surface area (Å²) in [5.74, 6) is 1.11. The van der Waals surface area contributed by atoms with E-state index in [1.807, 2.05) is 18.2 Å². The van der Waals surface area contributed by atoms with Crippen molar-refractivity contribution < 1.29 is 22.7 Å². The maximum Gasteiger partial charge on any atom is 0.254 e. The Bertz CT molecular complexity index is 1030. The van der Waals surface area contributed by atoms with Crippen molar-refractivity contribution in [2.45, 2.75) is 37.2 Å². The van der Waals surface area contributed by atoms with Gasteiger partial charge in [-0.1, -0.05) is 12.1 Å². The highest BCUT2D eigenvalue weighted by molar-refractivity contribution is 7.89. The van der Waals surface area contributed by atoms with Crippen molar-refractivity contribution in [1.82, 2.24) is 9.62 Å². The summed E-state index contributed by atoms with van der Waals surface area (Å²) in [4.78, 5) is 14.6. The zero-order valence-electron chi connectivity index (χ0n) is 15.8. The molecule has 1 N–H and O–H groups in total. The molecule has 1 amide bonds. The van der Waals surface area contributed by atoms with Gasteiger partial charge >= 0.3 is 0 Å². The molecule has 1 fully saturated rings. The number of aryl methyl sites for hydroxylation is 1. The van der Waals surface area contributed by atoms with Crippen LogP contribution in [0.3, 0.4) is 0 Å². The van der Waals surface area contributed by atoms with Crippen LogP contribution in [0.1, 0.15) is 34.3 Å². The summed E-state index contributed by atoms with van der Waals surface area (Å²) in [6.07, 6.45) is 1.71. The van der Waals surface area contributed by atoms with Gasteiger partial charge in [-0.15, -0.1) is 0 Å². The predicted molar refractivity (Wildman–Crippen MR) is 103 cm³/mol. The van der Waals surface area contributed by atoms with E-state index in [9.17, 15) is 13.2 Å². The Morgan fingerprint density at radius 1 is 1.14 bits per heavy atom. The zero-order valence-corrected chi connectivity index (χ0v) is 16.6. The molecule has 0 bridgehead atoms. The summed E-state index contributed by atoms with van der Waals surface area (Å²) in [6.45, 7) is 2.36. The standard InChI is InChI=1S/C20H22N2O5S/c1-13-3-7-16(28(24,25)21-15-5-6-15)10-17(13)20(23)22(2)11-14-4-8-18-19(9-14)27-12-26-18/h3-4,7-10,15,21H,5-6,11-12H2,1-2H3. The fourth-order valence-corrected chi connectivity index (χ4v) is 4.41. The Morgan fingerprint density at radius 3 is 2.64 bits per heavy atom. The lowest BCUT2D eigenvalue weighted by molar-refractivity contribution is 0.0784. The van der Waals surface area contributed by atoms with Crippen LogP contribution in [0.15, 0.2) is 41.3 Å². The van der Waals surface area contributed by atoms with Gasteiger partial charge in [0.1, 0.15) is 0 Å². The molecule has 2 aromatic carbocycles. The van der Waals surface area contributed by atoms with Crippen molar-refractivity contribution in [3.05, 3.63) is 53.1 Å². The van der Waals surface area contributed by atoms with E-state index < -0.39 is 10.0 Å². The van der Waals surface area contributed by atoms with Crippen LogP contribution in [0.5, 0.6) is 11.5 Å². The van der Waals surface area contributed by atoms with Gasteiger partial charge in [0, 0.05) is 25.2 Å². The normalized spacial score (nSPS) is 15.5. The molecular weight excluding hydrogens is 380 g/mol. The van der Waals surface area contributed by atoms with E-state index in [-0.39, 0.29) is 23.6 Å². The van der Waals surface area contributed by atoms with E-state index in [2.05, 4.69) is 4.72 Å². The molecule has 1 aliphatic carbocycles. The molecule has 4 rings (SSSR count). The lowest BCUT2D eigenvalue weighted by atomic mass is 10.1. The van der Waals surface area contributed by atoms with Gasteiger partial charge in [-0.05, 0) is 55.2 Å². The van der Waals surface area contributed by atoms with Crippen LogP contribution >= 0.6 is 0 Å². The number of ether oxygens (including phenoxy) is 2. The number of carbonyl (C=O) groups is 1. The van der Waals surface area contributed by atoms with Crippen molar-refractivity contribution >= 4 is 15.9 Å². The number of rotatable bonds is 6. The molecule has 0 spiro atoms. The van der Waals surface area contributed by atoms with E-state index in [1.165, 1.54) is 12.1 Å². The van der Waals surface area contributed by atoms with Crippen molar-refractivity contribution in [2.24, 2.45) is 0 Å². The second-order valence-electron chi connectivity index (χ2n) is 7.22. The van der Waals surface area contributed by atoms with Gasteiger partial charge in [0.05, 0.1) is 4.90 Å². The van der Waals surface area contributed by atoms with Crippen LogP contribution in [0.25, 0.3) is 0 Å². The Kier molecular flexibility index (Phi) is 4.76. The Morgan fingerprint density at radius 2 is 1.89 bits per heavy atom. The summed E-state index contributed by atoms with van der Waals surface area (Å²) in [5, 5.41) is 0. The summed E-state index contributed by atoms with van der Waals surface area (Å²) in [7, 11) is -1.92. The van der Waals surface area contributed by atoms with Gasteiger partial charge in [0.25, 0.3) is 5.91 Å². The smallest absolute Gasteiger partial charge is 0.254 e. The van der Waals surface area contributed by atoms with Crippen LogP contribution in [0.4, 0.5) is 0 Å². The molecular formula is C20H22N2O5S. The molecule has 1 saturated carbocycles. The van der Waals surface area contributed by atoms with Crippen LogP contribution in [-0.4, -0.2) is 39.1 Å². The Labute approximate surface area is 164 Å². The van der Waals surface area contributed by atoms with E-state index in [0.29, 0.717) is 23.6 Å². The van der Waals surface area contributed by atoms with Gasteiger partial charge in [0.15, 0.2) is 11.5 Å². The fraction of sp³-hybridized carbons (Fsp3) is 0.350. The molecule has 1 aliphatic heterocycles. The van der Waals surface area contributed by atoms with Crippen molar-refractivity contribution in [1.29, 1.82) is 0 Å². The zero-order chi connectivity index (χ0) is 19.9. The summed E-state index contributed by atoms with van der Waals surface area (Å²) in [6, 6.07) is 10.2. The molecule has 0 atom stereocenters. The minimum atomic E-state index is -3.61. The molecule has 2 aliphatic rings. The van der Waals surface area contributed by atoms with Gasteiger partial charge in [0.2, 0.25) is 16.8 Å². The summed E-state index contributed by atoms with van der Waals surface area (Å²) >= 11 is 0. The van der Waals surface area contributed by atoms with E-state index in [4.69, 9.17) is 9.47 Å². The lowest BCUT2D eigenvalue weighted by Gasteiger charge is -2.19. The number of sulfonamides is 1. The largest absolute Gasteiger partial charge is 0.454 e. The second kappa shape index (κ2) is 7.10.